The van der Waals surface area contributed by atoms with Gasteiger partial charge >= 0.3 is 0 Å². The molecule has 0 bridgehead atoms. The fraction of sp³-hybridized carbons (Fsp3) is 0.154. The van der Waals surface area contributed by atoms with E-state index in [1.807, 2.05) is 28.8 Å². The lowest BCUT2D eigenvalue weighted by Gasteiger charge is -2.06. The van der Waals surface area contributed by atoms with Crippen LogP contribution >= 0.6 is 11.6 Å². The van der Waals surface area contributed by atoms with Crippen molar-refractivity contribution in [3.05, 3.63) is 47.6 Å². The maximum atomic E-state index is 6.09. The average molecular weight is 275 g/mol. The molecule has 0 amide bonds. The Morgan fingerprint density at radius 1 is 1.16 bits per heavy atom. The second-order valence-corrected chi connectivity index (χ2v) is 4.42. The van der Waals surface area contributed by atoms with E-state index in [4.69, 9.17) is 16.3 Å². The van der Waals surface area contributed by atoms with Crippen molar-refractivity contribution < 1.29 is 4.74 Å². The molecule has 6 heteroatoms. The molecule has 1 aromatic carbocycles. The largest absolute Gasteiger partial charge is 0.497 e. The molecule has 5 nitrogen and oxygen atoms in total. The van der Waals surface area contributed by atoms with Gasteiger partial charge < -0.3 is 9.30 Å². The zero-order valence-corrected chi connectivity index (χ0v) is 11.0. The molecule has 0 unspecified atom stereocenters. The van der Waals surface area contributed by atoms with Gasteiger partial charge in [0.05, 0.1) is 13.4 Å². The Bertz CT molecular complexity index is 708. The van der Waals surface area contributed by atoms with Gasteiger partial charge in [0.1, 0.15) is 17.6 Å². The number of methoxy groups -OCH3 is 1. The van der Waals surface area contributed by atoms with Crippen LogP contribution in [0, 0.1) is 0 Å². The number of aromatic nitrogens is 4. The number of hydrogen-bond donors (Lipinski definition) is 0. The van der Waals surface area contributed by atoms with Crippen molar-refractivity contribution in [3.8, 4) is 5.75 Å². The zero-order valence-electron chi connectivity index (χ0n) is 10.2. The first-order chi connectivity index (χ1) is 9.28. The van der Waals surface area contributed by atoms with E-state index in [2.05, 4.69) is 15.0 Å². The molecule has 0 saturated carbocycles. The lowest BCUT2D eigenvalue weighted by atomic mass is 10.2. The third kappa shape index (κ3) is 2.24. The van der Waals surface area contributed by atoms with Crippen LogP contribution in [-0.4, -0.2) is 26.6 Å². The highest BCUT2D eigenvalue weighted by Crippen LogP contribution is 2.20. The molecule has 0 fully saturated rings. The summed E-state index contributed by atoms with van der Waals surface area (Å²) in [5.74, 6) is 0.834. The lowest BCUT2D eigenvalue weighted by Crippen LogP contribution is -1.99. The van der Waals surface area contributed by atoms with Gasteiger partial charge in [0.2, 0.25) is 0 Å². The summed E-state index contributed by atoms with van der Waals surface area (Å²) < 4.78 is 7.06. The van der Waals surface area contributed by atoms with E-state index in [0.717, 1.165) is 16.8 Å². The van der Waals surface area contributed by atoms with E-state index in [9.17, 15) is 0 Å². The predicted octanol–water partition coefficient (Wildman–Crippen LogP) is 2.54. The second kappa shape index (κ2) is 4.85. The summed E-state index contributed by atoms with van der Waals surface area (Å²) in [6, 6.07) is 7.85. The van der Waals surface area contributed by atoms with Crippen LogP contribution in [0.15, 0.2) is 36.9 Å². The van der Waals surface area contributed by atoms with E-state index in [1.54, 1.807) is 13.4 Å². The minimum atomic E-state index is 0.413. The molecule has 96 valence electrons. The number of nitrogens with zero attached hydrogens (tertiary/aromatic N) is 4. The quantitative estimate of drug-likeness (QED) is 0.689. The highest BCUT2D eigenvalue weighted by atomic mass is 35.5. The molecule has 0 spiro atoms. The molecule has 0 radical (unpaired) electrons. The van der Waals surface area contributed by atoms with E-state index in [-0.39, 0.29) is 0 Å². The minimum absolute atomic E-state index is 0.413. The molecule has 0 N–H and O–H groups in total. The summed E-state index contributed by atoms with van der Waals surface area (Å²) in [4.78, 5) is 12.3. The van der Waals surface area contributed by atoms with Crippen molar-refractivity contribution in [2.24, 2.45) is 0 Å². The predicted molar refractivity (Wildman–Crippen MR) is 72.4 cm³/mol. The Kier molecular flexibility index (Phi) is 3.05. The number of hydrogen-bond acceptors (Lipinski definition) is 4. The Morgan fingerprint density at radius 3 is 2.68 bits per heavy atom. The van der Waals surface area contributed by atoms with Gasteiger partial charge in [0.15, 0.2) is 10.8 Å². The Morgan fingerprint density at radius 2 is 1.95 bits per heavy atom. The van der Waals surface area contributed by atoms with Gasteiger partial charge in [-0.3, -0.25) is 0 Å². The van der Waals surface area contributed by atoms with Gasteiger partial charge in [-0.1, -0.05) is 23.7 Å². The van der Waals surface area contributed by atoms with Gasteiger partial charge in [-0.05, 0) is 17.7 Å². The van der Waals surface area contributed by atoms with Gasteiger partial charge in [-0.15, -0.1) is 0 Å². The summed E-state index contributed by atoms with van der Waals surface area (Å²) in [6.45, 7) is 0.660. The monoisotopic (exact) mass is 274 g/mol. The van der Waals surface area contributed by atoms with Crippen molar-refractivity contribution in [3.63, 3.8) is 0 Å². The van der Waals surface area contributed by atoms with E-state index >= 15 is 0 Å². The second-order valence-electron chi connectivity index (χ2n) is 4.06. The number of rotatable bonds is 3. The normalized spacial score (nSPS) is 10.8. The molecular weight excluding hydrogens is 264 g/mol. The fourth-order valence-corrected chi connectivity index (χ4v) is 2.16. The zero-order chi connectivity index (χ0) is 13.2. The van der Waals surface area contributed by atoms with Gasteiger partial charge in [-0.25, -0.2) is 15.0 Å². The number of halogens is 1. The molecule has 2 heterocycles. The first-order valence-electron chi connectivity index (χ1n) is 5.72. The standard InChI is InChI=1S/C13H11ClN4O/c1-19-10-4-2-9(3-5-10)6-18-8-17-13-11(18)12(14)15-7-16-13/h2-5,7-8H,6H2,1H3. The molecule has 0 atom stereocenters. The minimum Gasteiger partial charge on any atom is -0.497 e. The summed E-state index contributed by atoms with van der Waals surface area (Å²) >= 11 is 6.09. The Balaban J connectivity index is 1.96. The summed E-state index contributed by atoms with van der Waals surface area (Å²) in [5.41, 5.74) is 2.48. The maximum absolute atomic E-state index is 6.09. The SMILES string of the molecule is COc1ccc(Cn2cnc3ncnc(Cl)c32)cc1. The van der Waals surface area contributed by atoms with E-state index in [1.165, 1.54) is 6.33 Å². The van der Waals surface area contributed by atoms with Crippen molar-refractivity contribution >= 4 is 22.8 Å². The third-order valence-electron chi connectivity index (χ3n) is 2.88. The van der Waals surface area contributed by atoms with Crippen LogP contribution < -0.4 is 4.74 Å². The van der Waals surface area contributed by atoms with Crippen LogP contribution in [0.4, 0.5) is 0 Å². The average Bonchev–Trinajstić information content (AvgIpc) is 2.84. The summed E-state index contributed by atoms with van der Waals surface area (Å²) in [6.07, 6.45) is 3.13. The topological polar surface area (TPSA) is 52.8 Å². The number of imidazole rings is 1. The Hall–Kier alpha value is -2.14. The van der Waals surface area contributed by atoms with Gasteiger partial charge in [0.25, 0.3) is 0 Å². The fourth-order valence-electron chi connectivity index (χ4n) is 1.92. The Labute approximate surface area is 114 Å². The van der Waals surface area contributed by atoms with Crippen LogP contribution in [0.1, 0.15) is 5.56 Å². The summed E-state index contributed by atoms with van der Waals surface area (Å²) in [5, 5.41) is 0.413. The molecule has 2 aromatic heterocycles. The lowest BCUT2D eigenvalue weighted by molar-refractivity contribution is 0.414. The van der Waals surface area contributed by atoms with Crippen molar-refractivity contribution in [1.29, 1.82) is 0 Å². The molecule has 0 aliphatic rings. The highest BCUT2D eigenvalue weighted by Gasteiger charge is 2.09. The highest BCUT2D eigenvalue weighted by molar-refractivity contribution is 6.33. The molecule has 0 aliphatic heterocycles. The first kappa shape index (κ1) is 11.9. The van der Waals surface area contributed by atoms with E-state index in [0.29, 0.717) is 17.3 Å². The first-order valence-corrected chi connectivity index (χ1v) is 6.10. The maximum Gasteiger partial charge on any atom is 0.182 e. The molecule has 19 heavy (non-hydrogen) atoms. The molecular formula is C13H11ClN4O. The van der Waals surface area contributed by atoms with Crippen LogP contribution in [0.25, 0.3) is 11.2 Å². The molecule has 3 rings (SSSR count). The van der Waals surface area contributed by atoms with Crippen LogP contribution in [-0.2, 0) is 6.54 Å². The molecule has 0 saturated heterocycles. The van der Waals surface area contributed by atoms with E-state index < -0.39 is 0 Å². The van der Waals surface area contributed by atoms with Gasteiger partial charge in [-0.2, -0.15) is 0 Å². The summed E-state index contributed by atoms with van der Waals surface area (Å²) in [7, 11) is 1.65. The molecule has 0 aliphatic carbocycles. The molecule has 3 aromatic rings. The van der Waals surface area contributed by atoms with Crippen LogP contribution in [0.2, 0.25) is 5.15 Å². The third-order valence-corrected chi connectivity index (χ3v) is 3.15. The van der Waals surface area contributed by atoms with Crippen molar-refractivity contribution in [1.82, 2.24) is 19.5 Å². The van der Waals surface area contributed by atoms with Crippen molar-refractivity contribution in [2.45, 2.75) is 6.54 Å². The smallest absolute Gasteiger partial charge is 0.182 e. The number of benzene rings is 1. The number of ether oxygens (including phenoxy) is 1. The van der Waals surface area contributed by atoms with Crippen LogP contribution in [0.5, 0.6) is 5.75 Å². The van der Waals surface area contributed by atoms with Crippen LogP contribution in [0.3, 0.4) is 0 Å². The van der Waals surface area contributed by atoms with Gasteiger partial charge in [0, 0.05) is 6.54 Å². The number of fused-ring (bicyclic) bond motifs is 1. The van der Waals surface area contributed by atoms with Crippen molar-refractivity contribution in [2.75, 3.05) is 7.11 Å².